The van der Waals surface area contributed by atoms with Gasteiger partial charge in [0.15, 0.2) is 0 Å². The first-order valence-electron chi connectivity index (χ1n) is 2.54. The topological polar surface area (TPSA) is 18.5 Å². The molecule has 0 aromatic heterocycles. The Morgan fingerprint density at radius 1 is 1.71 bits per heavy atom. The average Bonchev–Trinajstić information content (AvgIpc) is 2.14. The highest BCUT2D eigenvalue weighted by atomic mass is 16.5. The standard InChI is InChI=1S/C5H10O2/c1-6-5-2-3-7-4-5/h5H,2-4H2,1H3/t5-/m1/s1. The summed E-state index contributed by atoms with van der Waals surface area (Å²) in [4.78, 5) is 0. The number of rotatable bonds is 1. The molecule has 1 rings (SSSR count). The first-order chi connectivity index (χ1) is 3.43. The lowest BCUT2D eigenvalue weighted by Gasteiger charge is -2.00. The monoisotopic (exact) mass is 102 g/mol. The highest BCUT2D eigenvalue weighted by Gasteiger charge is 2.12. The minimum absolute atomic E-state index is 0.375. The molecule has 0 spiro atoms. The summed E-state index contributed by atoms with van der Waals surface area (Å²) < 4.78 is 10.0. The maximum atomic E-state index is 5.02. The van der Waals surface area contributed by atoms with Crippen LogP contribution >= 0.6 is 0 Å². The van der Waals surface area contributed by atoms with Gasteiger partial charge in [-0.15, -0.1) is 0 Å². The van der Waals surface area contributed by atoms with E-state index in [1.54, 1.807) is 7.11 Å². The van der Waals surface area contributed by atoms with Crippen LogP contribution in [0.15, 0.2) is 0 Å². The molecule has 0 aromatic carbocycles. The van der Waals surface area contributed by atoms with Crippen LogP contribution in [0.4, 0.5) is 0 Å². The minimum Gasteiger partial charge on any atom is -0.379 e. The number of hydrogen-bond donors (Lipinski definition) is 0. The smallest absolute Gasteiger partial charge is 0.0826 e. The predicted octanol–water partition coefficient (Wildman–Crippen LogP) is 0.422. The summed E-state index contributed by atoms with van der Waals surface area (Å²) in [6.07, 6.45) is 1.44. The molecule has 42 valence electrons. The third-order valence-corrected chi connectivity index (χ3v) is 1.22. The summed E-state index contributed by atoms with van der Waals surface area (Å²) in [6, 6.07) is 0. The molecule has 1 heterocycles. The molecule has 0 radical (unpaired) electrons. The van der Waals surface area contributed by atoms with Crippen molar-refractivity contribution in [2.75, 3.05) is 20.3 Å². The van der Waals surface area contributed by atoms with Gasteiger partial charge >= 0.3 is 0 Å². The van der Waals surface area contributed by atoms with Gasteiger partial charge in [0, 0.05) is 13.7 Å². The fourth-order valence-electron chi connectivity index (χ4n) is 0.699. The molecule has 7 heavy (non-hydrogen) atoms. The molecular formula is C5H10O2. The van der Waals surface area contributed by atoms with Crippen molar-refractivity contribution < 1.29 is 9.47 Å². The van der Waals surface area contributed by atoms with Crippen molar-refractivity contribution >= 4 is 0 Å². The zero-order valence-corrected chi connectivity index (χ0v) is 4.52. The summed E-state index contributed by atoms with van der Waals surface area (Å²) >= 11 is 0. The second-order valence-electron chi connectivity index (χ2n) is 1.72. The van der Waals surface area contributed by atoms with E-state index in [-0.39, 0.29) is 0 Å². The molecule has 2 heteroatoms. The summed E-state index contributed by atoms with van der Waals surface area (Å²) in [5.41, 5.74) is 0. The van der Waals surface area contributed by atoms with Crippen molar-refractivity contribution in [3.05, 3.63) is 0 Å². The van der Waals surface area contributed by atoms with Crippen molar-refractivity contribution in [3.8, 4) is 0 Å². The lowest BCUT2D eigenvalue weighted by atomic mass is 10.3. The van der Waals surface area contributed by atoms with Crippen LogP contribution in [0.2, 0.25) is 0 Å². The molecule has 1 atom stereocenters. The molecule has 0 bridgehead atoms. The van der Waals surface area contributed by atoms with E-state index in [0.29, 0.717) is 6.10 Å². The summed E-state index contributed by atoms with van der Waals surface area (Å²) in [5, 5.41) is 0. The molecule has 0 unspecified atom stereocenters. The second kappa shape index (κ2) is 2.28. The lowest BCUT2D eigenvalue weighted by molar-refractivity contribution is 0.0822. The Morgan fingerprint density at radius 3 is 2.86 bits per heavy atom. The van der Waals surface area contributed by atoms with E-state index in [2.05, 4.69) is 0 Å². The summed E-state index contributed by atoms with van der Waals surface area (Å²) in [5.74, 6) is 0. The van der Waals surface area contributed by atoms with Gasteiger partial charge in [-0.2, -0.15) is 0 Å². The number of hydrogen-bond acceptors (Lipinski definition) is 2. The van der Waals surface area contributed by atoms with E-state index in [0.717, 1.165) is 19.6 Å². The lowest BCUT2D eigenvalue weighted by Crippen LogP contribution is -2.07. The highest BCUT2D eigenvalue weighted by molar-refractivity contribution is 4.60. The molecule has 0 aromatic rings. The molecule has 1 aliphatic heterocycles. The zero-order valence-electron chi connectivity index (χ0n) is 4.52. The Hall–Kier alpha value is -0.0800. The molecular weight excluding hydrogens is 92.1 g/mol. The molecule has 1 aliphatic rings. The Labute approximate surface area is 43.4 Å². The minimum atomic E-state index is 0.375. The van der Waals surface area contributed by atoms with Crippen LogP contribution in [-0.2, 0) is 9.47 Å². The third kappa shape index (κ3) is 1.14. The number of ether oxygens (including phenoxy) is 2. The fraction of sp³-hybridized carbons (Fsp3) is 1.00. The van der Waals surface area contributed by atoms with E-state index in [1.165, 1.54) is 0 Å². The van der Waals surface area contributed by atoms with E-state index in [4.69, 9.17) is 9.47 Å². The Bertz CT molecular complexity index is 48.0. The van der Waals surface area contributed by atoms with Crippen molar-refractivity contribution in [2.24, 2.45) is 0 Å². The molecule has 1 fully saturated rings. The Morgan fingerprint density at radius 2 is 2.57 bits per heavy atom. The van der Waals surface area contributed by atoms with Crippen LogP contribution in [0.1, 0.15) is 6.42 Å². The van der Waals surface area contributed by atoms with Gasteiger partial charge < -0.3 is 9.47 Å². The molecule has 0 aliphatic carbocycles. The fourth-order valence-corrected chi connectivity index (χ4v) is 0.699. The van der Waals surface area contributed by atoms with Crippen LogP contribution < -0.4 is 0 Å². The summed E-state index contributed by atoms with van der Waals surface area (Å²) in [7, 11) is 1.72. The van der Waals surface area contributed by atoms with E-state index in [1.807, 2.05) is 0 Å². The first kappa shape index (κ1) is 5.06. The van der Waals surface area contributed by atoms with Crippen LogP contribution in [0.5, 0.6) is 0 Å². The molecule has 2 nitrogen and oxygen atoms in total. The number of methoxy groups -OCH3 is 1. The quantitative estimate of drug-likeness (QED) is 0.477. The summed E-state index contributed by atoms with van der Waals surface area (Å²) in [6.45, 7) is 1.66. The van der Waals surface area contributed by atoms with E-state index >= 15 is 0 Å². The Balaban J connectivity index is 2.14. The SMILES string of the molecule is CO[C@@H]1CCOC1. The van der Waals surface area contributed by atoms with Gasteiger partial charge in [-0.1, -0.05) is 0 Å². The van der Waals surface area contributed by atoms with Gasteiger partial charge in [-0.3, -0.25) is 0 Å². The van der Waals surface area contributed by atoms with Gasteiger partial charge in [-0.05, 0) is 6.42 Å². The van der Waals surface area contributed by atoms with Crippen molar-refractivity contribution in [1.82, 2.24) is 0 Å². The molecule has 0 amide bonds. The molecule has 0 saturated carbocycles. The largest absolute Gasteiger partial charge is 0.379 e. The van der Waals surface area contributed by atoms with Gasteiger partial charge in [0.2, 0.25) is 0 Å². The normalized spacial score (nSPS) is 31.3. The van der Waals surface area contributed by atoms with Gasteiger partial charge in [0.1, 0.15) is 0 Å². The van der Waals surface area contributed by atoms with Crippen LogP contribution in [0.25, 0.3) is 0 Å². The van der Waals surface area contributed by atoms with Gasteiger partial charge in [0.25, 0.3) is 0 Å². The van der Waals surface area contributed by atoms with E-state index < -0.39 is 0 Å². The average molecular weight is 102 g/mol. The zero-order chi connectivity index (χ0) is 5.11. The van der Waals surface area contributed by atoms with Crippen LogP contribution in [-0.4, -0.2) is 26.4 Å². The van der Waals surface area contributed by atoms with Crippen molar-refractivity contribution in [3.63, 3.8) is 0 Å². The van der Waals surface area contributed by atoms with Crippen LogP contribution in [0, 0.1) is 0 Å². The van der Waals surface area contributed by atoms with Crippen molar-refractivity contribution in [2.45, 2.75) is 12.5 Å². The molecule has 1 saturated heterocycles. The highest BCUT2D eigenvalue weighted by Crippen LogP contribution is 2.05. The van der Waals surface area contributed by atoms with E-state index in [9.17, 15) is 0 Å². The van der Waals surface area contributed by atoms with Crippen LogP contribution in [0.3, 0.4) is 0 Å². The van der Waals surface area contributed by atoms with Gasteiger partial charge in [-0.25, -0.2) is 0 Å². The maximum Gasteiger partial charge on any atom is 0.0826 e. The predicted molar refractivity (Wildman–Crippen MR) is 26.2 cm³/mol. The second-order valence-corrected chi connectivity index (χ2v) is 1.72. The Kier molecular flexibility index (Phi) is 1.65. The third-order valence-electron chi connectivity index (χ3n) is 1.22. The first-order valence-corrected chi connectivity index (χ1v) is 2.54. The van der Waals surface area contributed by atoms with Crippen molar-refractivity contribution in [1.29, 1.82) is 0 Å². The van der Waals surface area contributed by atoms with Gasteiger partial charge in [0.05, 0.1) is 12.7 Å². The maximum absolute atomic E-state index is 5.02. The molecule has 0 N–H and O–H groups in total.